The summed E-state index contributed by atoms with van der Waals surface area (Å²) in [5.41, 5.74) is 2.04. The molecule has 6 nitrogen and oxygen atoms in total. The van der Waals surface area contributed by atoms with E-state index in [1.807, 2.05) is 24.5 Å². The summed E-state index contributed by atoms with van der Waals surface area (Å²) < 4.78 is 1.75. The summed E-state index contributed by atoms with van der Waals surface area (Å²) in [4.78, 5) is 4.05. The van der Waals surface area contributed by atoms with Crippen LogP contribution in [0.2, 0.25) is 0 Å². The maximum absolute atomic E-state index is 8.72. The number of aliphatic hydroxyl groups excluding tert-OH is 1. The first-order valence-electron chi connectivity index (χ1n) is 5.98. The first-order valence-corrected chi connectivity index (χ1v) is 5.98. The van der Waals surface area contributed by atoms with Gasteiger partial charge in [0.25, 0.3) is 0 Å². The first kappa shape index (κ1) is 12.7. The number of aliphatic hydroxyl groups is 1. The van der Waals surface area contributed by atoms with Crippen LogP contribution in [0.25, 0.3) is 0 Å². The van der Waals surface area contributed by atoms with Crippen molar-refractivity contribution < 1.29 is 5.11 Å². The molecule has 0 bridgehead atoms. The van der Waals surface area contributed by atoms with Gasteiger partial charge in [0.15, 0.2) is 0 Å². The Labute approximate surface area is 106 Å². The summed E-state index contributed by atoms with van der Waals surface area (Å²) in [6.07, 6.45) is 6.19. The van der Waals surface area contributed by atoms with Crippen LogP contribution in [0.3, 0.4) is 0 Å². The van der Waals surface area contributed by atoms with Crippen molar-refractivity contribution in [2.75, 3.05) is 6.61 Å². The van der Waals surface area contributed by atoms with Gasteiger partial charge in [0.2, 0.25) is 0 Å². The van der Waals surface area contributed by atoms with Crippen LogP contribution in [0, 0.1) is 0 Å². The molecule has 2 aromatic heterocycles. The lowest BCUT2D eigenvalue weighted by molar-refractivity contribution is 0.276. The van der Waals surface area contributed by atoms with Crippen LogP contribution < -0.4 is 5.32 Å². The predicted octanol–water partition coefficient (Wildman–Crippen LogP) is 0.345. The van der Waals surface area contributed by atoms with Gasteiger partial charge in [0, 0.05) is 44.8 Å². The summed E-state index contributed by atoms with van der Waals surface area (Å²) >= 11 is 0. The Balaban J connectivity index is 1.75. The van der Waals surface area contributed by atoms with Crippen LogP contribution >= 0.6 is 0 Å². The fourth-order valence-electron chi connectivity index (χ4n) is 1.60. The van der Waals surface area contributed by atoms with Gasteiger partial charge in [-0.25, -0.2) is 0 Å². The lowest BCUT2D eigenvalue weighted by Gasteiger charge is -2.01. The van der Waals surface area contributed by atoms with Gasteiger partial charge in [0.1, 0.15) is 0 Å². The second-order valence-electron chi connectivity index (χ2n) is 4.01. The lowest BCUT2D eigenvalue weighted by Crippen LogP contribution is -2.13. The molecule has 0 radical (unpaired) electrons. The van der Waals surface area contributed by atoms with Gasteiger partial charge in [0.05, 0.1) is 5.69 Å². The molecular formula is C12H17N5O. The normalized spacial score (nSPS) is 10.7. The monoisotopic (exact) mass is 247 g/mol. The predicted molar refractivity (Wildman–Crippen MR) is 66.5 cm³/mol. The molecule has 0 spiro atoms. The van der Waals surface area contributed by atoms with E-state index >= 15 is 0 Å². The van der Waals surface area contributed by atoms with Crippen molar-refractivity contribution in [3.05, 3.63) is 42.0 Å². The zero-order chi connectivity index (χ0) is 12.6. The van der Waals surface area contributed by atoms with E-state index in [1.54, 1.807) is 10.9 Å². The van der Waals surface area contributed by atoms with Crippen molar-refractivity contribution in [1.82, 2.24) is 25.3 Å². The van der Waals surface area contributed by atoms with E-state index in [1.165, 1.54) is 0 Å². The van der Waals surface area contributed by atoms with Gasteiger partial charge in [-0.05, 0) is 18.1 Å². The molecule has 2 rings (SSSR count). The number of rotatable bonds is 7. The molecule has 2 aromatic rings. The first-order chi connectivity index (χ1) is 8.88. The van der Waals surface area contributed by atoms with Crippen molar-refractivity contribution in [3.8, 4) is 0 Å². The summed E-state index contributed by atoms with van der Waals surface area (Å²) in [6.45, 7) is 2.31. The molecule has 18 heavy (non-hydrogen) atoms. The van der Waals surface area contributed by atoms with E-state index in [0.29, 0.717) is 19.5 Å². The summed E-state index contributed by atoms with van der Waals surface area (Å²) in [7, 11) is 0. The van der Waals surface area contributed by atoms with Gasteiger partial charge in [-0.2, -0.15) is 0 Å². The van der Waals surface area contributed by atoms with Gasteiger partial charge in [-0.1, -0.05) is 11.3 Å². The third-order valence-electron chi connectivity index (χ3n) is 2.49. The molecule has 0 aliphatic rings. The summed E-state index contributed by atoms with van der Waals surface area (Å²) in [6, 6.07) is 3.94. The molecule has 96 valence electrons. The molecule has 0 aliphatic heterocycles. The highest BCUT2D eigenvalue weighted by Gasteiger charge is 2.00. The van der Waals surface area contributed by atoms with Crippen molar-refractivity contribution in [3.63, 3.8) is 0 Å². The van der Waals surface area contributed by atoms with Crippen molar-refractivity contribution >= 4 is 0 Å². The smallest absolute Gasteiger partial charge is 0.0964 e. The minimum atomic E-state index is 0.175. The maximum Gasteiger partial charge on any atom is 0.0964 e. The molecule has 2 heterocycles. The molecule has 0 amide bonds. The van der Waals surface area contributed by atoms with Crippen LogP contribution in [0.15, 0.2) is 30.7 Å². The maximum atomic E-state index is 8.72. The highest BCUT2D eigenvalue weighted by molar-refractivity contribution is 5.08. The Morgan fingerprint density at radius 1 is 1.33 bits per heavy atom. The largest absolute Gasteiger partial charge is 0.396 e. The minimum Gasteiger partial charge on any atom is -0.396 e. The SMILES string of the molecule is OCCCn1cc(CNCc2cccnc2)nn1. The second-order valence-corrected chi connectivity index (χ2v) is 4.01. The molecule has 2 N–H and O–H groups in total. The van der Waals surface area contributed by atoms with Crippen LogP contribution in [0.1, 0.15) is 17.7 Å². The van der Waals surface area contributed by atoms with Crippen molar-refractivity contribution in [1.29, 1.82) is 0 Å². The van der Waals surface area contributed by atoms with E-state index in [0.717, 1.165) is 17.8 Å². The number of hydrogen-bond acceptors (Lipinski definition) is 5. The average molecular weight is 247 g/mol. The number of aromatic nitrogens is 4. The lowest BCUT2D eigenvalue weighted by atomic mass is 10.3. The van der Waals surface area contributed by atoms with E-state index in [4.69, 9.17) is 5.11 Å². The van der Waals surface area contributed by atoms with E-state index < -0.39 is 0 Å². The number of nitrogens with one attached hydrogen (secondary N) is 1. The van der Waals surface area contributed by atoms with Crippen molar-refractivity contribution in [2.45, 2.75) is 26.1 Å². The minimum absolute atomic E-state index is 0.175. The van der Waals surface area contributed by atoms with Gasteiger partial charge >= 0.3 is 0 Å². The second kappa shape index (κ2) is 6.83. The fraction of sp³-hybridized carbons (Fsp3) is 0.417. The Kier molecular flexibility index (Phi) is 4.80. The molecule has 0 saturated carbocycles. The number of nitrogens with zero attached hydrogens (tertiary/aromatic N) is 4. The third kappa shape index (κ3) is 3.90. The average Bonchev–Trinajstić information content (AvgIpc) is 2.85. The van der Waals surface area contributed by atoms with Crippen LogP contribution in [-0.2, 0) is 19.6 Å². The van der Waals surface area contributed by atoms with Crippen LogP contribution in [-0.4, -0.2) is 31.7 Å². The van der Waals surface area contributed by atoms with E-state index in [2.05, 4.69) is 20.6 Å². The molecule has 0 fully saturated rings. The topological polar surface area (TPSA) is 75.9 Å². The summed E-state index contributed by atoms with van der Waals surface area (Å²) in [5.74, 6) is 0. The molecule has 0 aliphatic carbocycles. The van der Waals surface area contributed by atoms with Crippen LogP contribution in [0.5, 0.6) is 0 Å². The molecule has 6 heteroatoms. The Morgan fingerprint density at radius 2 is 2.28 bits per heavy atom. The molecule has 0 saturated heterocycles. The zero-order valence-electron chi connectivity index (χ0n) is 10.2. The molecule has 0 unspecified atom stereocenters. The number of pyridine rings is 1. The highest BCUT2D eigenvalue weighted by Crippen LogP contribution is 1.97. The standard InChI is InChI=1S/C12H17N5O/c18-6-2-5-17-10-12(15-16-17)9-14-8-11-3-1-4-13-7-11/h1,3-4,7,10,14,18H,2,5-6,8-9H2. The van der Waals surface area contributed by atoms with E-state index in [-0.39, 0.29) is 6.61 Å². The Morgan fingerprint density at radius 3 is 3.06 bits per heavy atom. The zero-order valence-corrected chi connectivity index (χ0v) is 10.2. The third-order valence-corrected chi connectivity index (χ3v) is 2.49. The number of aryl methyl sites for hydroxylation is 1. The van der Waals surface area contributed by atoms with Crippen molar-refractivity contribution in [2.24, 2.45) is 0 Å². The Hall–Kier alpha value is -1.79. The fourth-order valence-corrected chi connectivity index (χ4v) is 1.60. The van der Waals surface area contributed by atoms with E-state index in [9.17, 15) is 0 Å². The summed E-state index contributed by atoms with van der Waals surface area (Å²) in [5, 5.41) is 20.0. The number of hydrogen-bond donors (Lipinski definition) is 2. The molecular weight excluding hydrogens is 230 g/mol. The highest BCUT2D eigenvalue weighted by atomic mass is 16.3. The Bertz CT molecular complexity index is 457. The molecule has 0 aromatic carbocycles. The molecule has 0 atom stereocenters. The van der Waals surface area contributed by atoms with Gasteiger partial charge in [-0.3, -0.25) is 9.67 Å². The van der Waals surface area contributed by atoms with Gasteiger partial charge < -0.3 is 10.4 Å². The van der Waals surface area contributed by atoms with Gasteiger partial charge in [-0.15, -0.1) is 5.10 Å². The van der Waals surface area contributed by atoms with Crippen LogP contribution in [0.4, 0.5) is 0 Å². The quantitative estimate of drug-likeness (QED) is 0.738.